The minimum absolute atomic E-state index is 0.170. The number of Topliss-reactive ketones (excluding diaryl/α,β-unsaturated/α-hetero) is 3. The smallest absolute Gasteiger partial charge is 0.375 e. The molecule has 0 aromatic carbocycles. The van der Waals surface area contributed by atoms with Crippen molar-refractivity contribution in [2.24, 2.45) is 5.92 Å². The molecule has 0 heterocycles. The van der Waals surface area contributed by atoms with Gasteiger partial charge in [-0.15, -0.1) is 0 Å². The number of methoxy groups -OCH3 is 1. The van der Waals surface area contributed by atoms with Gasteiger partial charge in [-0.3, -0.25) is 14.4 Å². The molecule has 1 rings (SSSR count). The maximum Gasteiger partial charge on any atom is 0.375 e. The van der Waals surface area contributed by atoms with Gasteiger partial charge in [0.05, 0.1) is 13.0 Å². The summed E-state index contributed by atoms with van der Waals surface area (Å²) in [5, 5.41) is 0. The van der Waals surface area contributed by atoms with Crippen molar-refractivity contribution in [2.75, 3.05) is 7.11 Å². The van der Waals surface area contributed by atoms with Crippen LogP contribution in [0.1, 0.15) is 19.3 Å². The lowest BCUT2D eigenvalue weighted by atomic mass is 9.84. The van der Waals surface area contributed by atoms with Crippen LogP contribution >= 0.6 is 0 Å². The van der Waals surface area contributed by atoms with Crippen LogP contribution in [-0.2, 0) is 23.9 Å². The molecule has 0 aliphatic heterocycles. The molecule has 5 heteroatoms. The first-order chi connectivity index (χ1) is 6.57. The van der Waals surface area contributed by atoms with Gasteiger partial charge in [-0.1, -0.05) is 0 Å². The topological polar surface area (TPSA) is 77.5 Å². The van der Waals surface area contributed by atoms with Crippen LogP contribution in [0.4, 0.5) is 0 Å². The molecule has 1 aliphatic rings. The quantitative estimate of drug-likeness (QED) is 0.345. The van der Waals surface area contributed by atoms with E-state index in [-0.39, 0.29) is 12.8 Å². The van der Waals surface area contributed by atoms with E-state index in [1.54, 1.807) is 0 Å². The highest BCUT2D eigenvalue weighted by atomic mass is 16.5. The molecule has 0 radical (unpaired) electrons. The molecule has 1 unspecified atom stereocenters. The number of carbonyl (C=O) groups excluding carboxylic acids is 4. The summed E-state index contributed by atoms with van der Waals surface area (Å²) in [5.41, 5.74) is 0. The fourth-order valence-electron chi connectivity index (χ4n) is 1.41. The molecule has 1 aliphatic carbocycles. The van der Waals surface area contributed by atoms with Crippen molar-refractivity contribution in [1.82, 2.24) is 0 Å². The fourth-order valence-corrected chi connectivity index (χ4v) is 1.41. The summed E-state index contributed by atoms with van der Waals surface area (Å²) in [7, 11) is 1.06. The Hall–Kier alpha value is -1.52. The zero-order chi connectivity index (χ0) is 10.7. The molecule has 0 aromatic rings. The molecule has 0 spiro atoms. The van der Waals surface area contributed by atoms with E-state index in [2.05, 4.69) is 4.74 Å². The van der Waals surface area contributed by atoms with Gasteiger partial charge in [-0.2, -0.15) is 0 Å². The Labute approximate surface area is 80.4 Å². The molecule has 76 valence electrons. The van der Waals surface area contributed by atoms with Gasteiger partial charge < -0.3 is 4.74 Å². The number of ether oxygens (including phenoxy) is 1. The van der Waals surface area contributed by atoms with Crippen molar-refractivity contribution >= 4 is 23.3 Å². The van der Waals surface area contributed by atoms with Crippen molar-refractivity contribution < 1.29 is 23.9 Å². The van der Waals surface area contributed by atoms with Gasteiger partial charge >= 0.3 is 5.97 Å². The van der Waals surface area contributed by atoms with E-state index in [9.17, 15) is 19.2 Å². The summed E-state index contributed by atoms with van der Waals surface area (Å²) in [5.74, 6) is -4.41. The van der Waals surface area contributed by atoms with Gasteiger partial charge in [0.1, 0.15) is 0 Å². The van der Waals surface area contributed by atoms with Crippen LogP contribution in [0, 0.1) is 5.92 Å². The third-order valence-corrected chi connectivity index (χ3v) is 2.19. The molecule has 1 fully saturated rings. The van der Waals surface area contributed by atoms with E-state index >= 15 is 0 Å². The molecular weight excluding hydrogens is 188 g/mol. The fraction of sp³-hybridized carbons (Fsp3) is 0.556. The number of esters is 1. The van der Waals surface area contributed by atoms with Crippen molar-refractivity contribution in [2.45, 2.75) is 19.3 Å². The van der Waals surface area contributed by atoms with Crippen molar-refractivity contribution in [3.63, 3.8) is 0 Å². The highest BCUT2D eigenvalue weighted by molar-refractivity contribution is 6.49. The van der Waals surface area contributed by atoms with E-state index in [1.807, 2.05) is 0 Å². The van der Waals surface area contributed by atoms with E-state index in [1.165, 1.54) is 0 Å². The summed E-state index contributed by atoms with van der Waals surface area (Å²) < 4.78 is 4.20. The maximum atomic E-state index is 11.2. The third-order valence-electron chi connectivity index (χ3n) is 2.19. The Balaban J connectivity index is 2.77. The van der Waals surface area contributed by atoms with E-state index in [0.29, 0.717) is 6.42 Å². The van der Waals surface area contributed by atoms with E-state index in [0.717, 1.165) is 7.11 Å². The number of ketones is 3. The monoisotopic (exact) mass is 198 g/mol. The summed E-state index contributed by atoms with van der Waals surface area (Å²) >= 11 is 0. The number of hydrogen-bond acceptors (Lipinski definition) is 5. The number of rotatable bonds is 2. The molecule has 0 N–H and O–H groups in total. The lowest BCUT2D eigenvalue weighted by Gasteiger charge is -2.16. The lowest BCUT2D eigenvalue weighted by Crippen LogP contribution is -2.37. The second-order valence-corrected chi connectivity index (χ2v) is 3.09. The van der Waals surface area contributed by atoms with Crippen LogP contribution in [-0.4, -0.2) is 30.4 Å². The Morgan fingerprint density at radius 2 is 2.00 bits per heavy atom. The van der Waals surface area contributed by atoms with Crippen LogP contribution in [0.3, 0.4) is 0 Å². The average Bonchev–Trinajstić information content (AvgIpc) is 2.20. The second-order valence-electron chi connectivity index (χ2n) is 3.09. The van der Waals surface area contributed by atoms with Crippen LogP contribution in [0.25, 0.3) is 0 Å². The molecule has 5 nitrogen and oxygen atoms in total. The molecule has 0 aromatic heterocycles. The SMILES string of the molecule is COC(=O)C(=O)C1CCCC(=O)C1=O. The lowest BCUT2D eigenvalue weighted by molar-refractivity contribution is -0.157. The highest BCUT2D eigenvalue weighted by Gasteiger charge is 2.38. The van der Waals surface area contributed by atoms with Gasteiger partial charge in [0, 0.05) is 6.42 Å². The van der Waals surface area contributed by atoms with Gasteiger partial charge in [0.2, 0.25) is 5.78 Å². The van der Waals surface area contributed by atoms with Crippen molar-refractivity contribution in [3.05, 3.63) is 0 Å². The average molecular weight is 198 g/mol. The number of hydrogen-bond donors (Lipinski definition) is 0. The minimum Gasteiger partial charge on any atom is -0.463 e. The van der Waals surface area contributed by atoms with Gasteiger partial charge in [0.15, 0.2) is 5.78 Å². The summed E-state index contributed by atoms with van der Waals surface area (Å²) in [6.45, 7) is 0. The molecule has 0 amide bonds. The highest BCUT2D eigenvalue weighted by Crippen LogP contribution is 2.19. The molecule has 14 heavy (non-hydrogen) atoms. The number of carbonyl (C=O) groups is 4. The predicted molar refractivity (Wildman–Crippen MR) is 44.4 cm³/mol. The van der Waals surface area contributed by atoms with Crippen LogP contribution in [0.5, 0.6) is 0 Å². The normalized spacial score (nSPS) is 21.9. The van der Waals surface area contributed by atoms with Gasteiger partial charge in [-0.05, 0) is 12.8 Å². The Morgan fingerprint density at radius 3 is 2.57 bits per heavy atom. The van der Waals surface area contributed by atoms with Crippen LogP contribution in [0.15, 0.2) is 0 Å². The largest absolute Gasteiger partial charge is 0.463 e. The maximum absolute atomic E-state index is 11.2. The summed E-state index contributed by atoms with van der Waals surface area (Å²) in [4.78, 5) is 44.2. The molecule has 1 saturated carbocycles. The summed E-state index contributed by atoms with van der Waals surface area (Å²) in [6, 6.07) is 0. The van der Waals surface area contributed by atoms with Crippen LogP contribution in [0.2, 0.25) is 0 Å². The Bertz CT molecular complexity index is 304. The molecule has 1 atom stereocenters. The predicted octanol–water partition coefficient (Wildman–Crippen LogP) is -0.333. The Kier molecular flexibility index (Phi) is 3.11. The molecule has 0 saturated heterocycles. The second kappa shape index (κ2) is 4.13. The summed E-state index contributed by atoms with van der Waals surface area (Å²) in [6.07, 6.45) is 0.903. The van der Waals surface area contributed by atoms with E-state index in [4.69, 9.17) is 0 Å². The van der Waals surface area contributed by atoms with Gasteiger partial charge in [0.25, 0.3) is 5.78 Å². The van der Waals surface area contributed by atoms with Crippen LogP contribution < -0.4 is 0 Å². The first-order valence-electron chi connectivity index (χ1n) is 4.27. The Morgan fingerprint density at radius 1 is 1.36 bits per heavy atom. The zero-order valence-corrected chi connectivity index (χ0v) is 7.74. The zero-order valence-electron chi connectivity index (χ0n) is 7.74. The molecule has 0 bridgehead atoms. The van der Waals surface area contributed by atoms with Crippen molar-refractivity contribution in [1.29, 1.82) is 0 Å². The first kappa shape index (κ1) is 10.6. The van der Waals surface area contributed by atoms with Crippen molar-refractivity contribution in [3.8, 4) is 0 Å². The van der Waals surface area contributed by atoms with Gasteiger partial charge in [-0.25, -0.2) is 4.79 Å². The third kappa shape index (κ3) is 1.86. The standard InChI is InChI=1S/C9H10O5/c1-14-9(13)8(12)5-3-2-4-6(10)7(5)11/h5H,2-4H2,1H3. The molecular formula is C9H10O5. The minimum atomic E-state index is -1.11. The van der Waals surface area contributed by atoms with E-state index < -0.39 is 29.2 Å². The first-order valence-corrected chi connectivity index (χ1v) is 4.27.